The molecule has 1 aliphatic heterocycles. The van der Waals surface area contributed by atoms with Gasteiger partial charge in [-0.05, 0) is 24.3 Å². The van der Waals surface area contributed by atoms with Crippen molar-refractivity contribution >= 4 is 17.5 Å². The van der Waals surface area contributed by atoms with Crippen LogP contribution in [0.3, 0.4) is 0 Å². The van der Waals surface area contributed by atoms with Crippen LogP contribution in [0.25, 0.3) is 11.3 Å². The Hall–Kier alpha value is -3.38. The lowest BCUT2D eigenvalue weighted by Crippen LogP contribution is -2.50. The van der Waals surface area contributed by atoms with Crippen LogP contribution >= 0.6 is 0 Å². The summed E-state index contributed by atoms with van der Waals surface area (Å²) in [5, 5.41) is 2.90. The molecule has 6 nitrogen and oxygen atoms in total. The normalized spacial score (nSPS) is 14.4. The molecule has 3 aromatic rings. The van der Waals surface area contributed by atoms with E-state index in [9.17, 15) is 9.59 Å². The fourth-order valence-corrected chi connectivity index (χ4v) is 3.74. The maximum absolute atomic E-state index is 12.6. The Balaban J connectivity index is 1.19. The molecule has 2 amide bonds. The zero-order valence-corrected chi connectivity index (χ0v) is 17.5. The number of nitrogens with one attached hydrogen (secondary N) is 1. The average molecular weight is 418 g/mol. The molecule has 0 spiro atoms. The second kappa shape index (κ2) is 10.1. The first-order chi connectivity index (χ1) is 15.2. The molecule has 6 heteroatoms. The van der Waals surface area contributed by atoms with Crippen molar-refractivity contribution in [1.82, 2.24) is 9.80 Å². The summed E-state index contributed by atoms with van der Waals surface area (Å²) < 4.78 is 5.89. The van der Waals surface area contributed by atoms with E-state index < -0.39 is 0 Å². The highest BCUT2D eigenvalue weighted by Crippen LogP contribution is 2.22. The van der Waals surface area contributed by atoms with Crippen molar-refractivity contribution in [3.05, 3.63) is 78.6 Å². The molecule has 1 aromatic heterocycles. The van der Waals surface area contributed by atoms with E-state index in [-0.39, 0.29) is 11.8 Å². The number of piperazine rings is 1. The molecule has 1 N–H and O–H groups in total. The van der Waals surface area contributed by atoms with Gasteiger partial charge in [0.2, 0.25) is 11.8 Å². The van der Waals surface area contributed by atoms with Gasteiger partial charge in [0, 0.05) is 50.3 Å². The first kappa shape index (κ1) is 20.9. The largest absolute Gasteiger partial charge is 0.461 e. The lowest BCUT2D eigenvalue weighted by Gasteiger charge is -2.34. The number of nitrogens with zero attached hydrogens (tertiary/aromatic N) is 2. The molecule has 4 rings (SSSR count). The van der Waals surface area contributed by atoms with Crippen LogP contribution in [0.5, 0.6) is 0 Å². The average Bonchev–Trinajstić information content (AvgIpc) is 3.28. The van der Waals surface area contributed by atoms with Gasteiger partial charge in [0.1, 0.15) is 11.5 Å². The Bertz CT molecular complexity index is 993. The van der Waals surface area contributed by atoms with E-state index in [1.165, 1.54) is 0 Å². The van der Waals surface area contributed by atoms with E-state index in [2.05, 4.69) is 10.2 Å². The molecule has 0 bridgehead atoms. The van der Waals surface area contributed by atoms with Gasteiger partial charge in [0.05, 0.1) is 6.54 Å². The van der Waals surface area contributed by atoms with E-state index in [1.807, 2.05) is 77.7 Å². The number of benzene rings is 2. The summed E-state index contributed by atoms with van der Waals surface area (Å²) >= 11 is 0. The first-order valence-electron chi connectivity index (χ1n) is 10.7. The second-order valence-corrected chi connectivity index (χ2v) is 7.70. The number of para-hydroxylation sites is 1. The lowest BCUT2D eigenvalue weighted by atomic mass is 10.2. The van der Waals surface area contributed by atoms with Crippen molar-refractivity contribution < 1.29 is 14.0 Å². The van der Waals surface area contributed by atoms with E-state index in [1.54, 1.807) is 0 Å². The van der Waals surface area contributed by atoms with Gasteiger partial charge in [0.15, 0.2) is 0 Å². The molecule has 1 saturated heterocycles. The van der Waals surface area contributed by atoms with Gasteiger partial charge in [-0.2, -0.15) is 0 Å². The standard InChI is InChI=1S/C25H27N3O3/c29-24(26-21-9-5-2-6-10-21)19-27-15-17-28(18-16-27)25(30)14-12-22-11-13-23(31-22)20-7-3-1-4-8-20/h1-11,13H,12,14-19H2,(H,26,29). The highest BCUT2D eigenvalue weighted by molar-refractivity contribution is 5.92. The molecule has 31 heavy (non-hydrogen) atoms. The summed E-state index contributed by atoms with van der Waals surface area (Å²) in [5.74, 6) is 1.75. The first-order valence-corrected chi connectivity index (χ1v) is 10.7. The number of furan rings is 1. The third-order valence-electron chi connectivity index (χ3n) is 5.45. The summed E-state index contributed by atoms with van der Waals surface area (Å²) in [6, 6.07) is 23.3. The number of anilines is 1. The van der Waals surface area contributed by atoms with Crippen LogP contribution in [0.2, 0.25) is 0 Å². The monoisotopic (exact) mass is 417 g/mol. The van der Waals surface area contributed by atoms with E-state index in [4.69, 9.17) is 4.42 Å². The summed E-state index contributed by atoms with van der Waals surface area (Å²) in [5.41, 5.74) is 1.84. The molecular formula is C25H27N3O3. The molecule has 0 saturated carbocycles. The van der Waals surface area contributed by atoms with Gasteiger partial charge in [-0.1, -0.05) is 48.5 Å². The van der Waals surface area contributed by atoms with Crippen molar-refractivity contribution in [2.45, 2.75) is 12.8 Å². The third kappa shape index (κ3) is 5.83. The molecule has 0 unspecified atom stereocenters. The topological polar surface area (TPSA) is 65.8 Å². The minimum absolute atomic E-state index is 0.0296. The number of hydrogen-bond acceptors (Lipinski definition) is 4. The highest BCUT2D eigenvalue weighted by atomic mass is 16.3. The van der Waals surface area contributed by atoms with E-state index >= 15 is 0 Å². The molecular weight excluding hydrogens is 390 g/mol. The van der Waals surface area contributed by atoms with Crippen LogP contribution in [-0.2, 0) is 16.0 Å². The summed E-state index contributed by atoms with van der Waals surface area (Å²) in [7, 11) is 0. The number of rotatable bonds is 7. The summed E-state index contributed by atoms with van der Waals surface area (Å²) in [6.07, 6.45) is 1.02. The minimum atomic E-state index is -0.0296. The fourth-order valence-electron chi connectivity index (χ4n) is 3.74. The smallest absolute Gasteiger partial charge is 0.238 e. The number of amides is 2. The molecule has 2 heterocycles. The Morgan fingerprint density at radius 3 is 2.23 bits per heavy atom. The van der Waals surface area contributed by atoms with Crippen molar-refractivity contribution in [1.29, 1.82) is 0 Å². The van der Waals surface area contributed by atoms with Crippen molar-refractivity contribution in [2.24, 2.45) is 0 Å². The molecule has 1 fully saturated rings. The second-order valence-electron chi connectivity index (χ2n) is 7.70. The Labute approximate surface area is 182 Å². The molecule has 1 aliphatic rings. The molecule has 0 radical (unpaired) electrons. The minimum Gasteiger partial charge on any atom is -0.461 e. The highest BCUT2D eigenvalue weighted by Gasteiger charge is 2.22. The van der Waals surface area contributed by atoms with Crippen molar-refractivity contribution in [2.75, 3.05) is 38.0 Å². The SMILES string of the molecule is O=C(CN1CCN(C(=O)CCc2ccc(-c3ccccc3)o2)CC1)Nc1ccccc1. The number of carbonyl (C=O) groups is 2. The molecule has 0 aliphatic carbocycles. The Kier molecular flexibility index (Phi) is 6.79. The van der Waals surface area contributed by atoms with Gasteiger partial charge in [-0.3, -0.25) is 14.5 Å². The number of carbonyl (C=O) groups excluding carboxylic acids is 2. The molecule has 0 atom stereocenters. The Morgan fingerprint density at radius 1 is 0.839 bits per heavy atom. The third-order valence-corrected chi connectivity index (χ3v) is 5.45. The van der Waals surface area contributed by atoms with Crippen LogP contribution in [0, 0.1) is 0 Å². The zero-order chi connectivity index (χ0) is 21.5. The predicted molar refractivity (Wildman–Crippen MR) is 121 cm³/mol. The van der Waals surface area contributed by atoms with Gasteiger partial charge in [-0.25, -0.2) is 0 Å². The predicted octanol–water partition coefficient (Wildman–Crippen LogP) is 3.66. The lowest BCUT2D eigenvalue weighted by molar-refractivity contribution is -0.133. The Morgan fingerprint density at radius 2 is 1.52 bits per heavy atom. The maximum Gasteiger partial charge on any atom is 0.238 e. The van der Waals surface area contributed by atoms with Crippen molar-refractivity contribution in [3.8, 4) is 11.3 Å². The van der Waals surface area contributed by atoms with Crippen LogP contribution < -0.4 is 5.32 Å². The van der Waals surface area contributed by atoms with Gasteiger partial charge in [-0.15, -0.1) is 0 Å². The van der Waals surface area contributed by atoms with E-state index in [0.29, 0.717) is 45.6 Å². The zero-order valence-electron chi connectivity index (χ0n) is 17.5. The van der Waals surface area contributed by atoms with Crippen LogP contribution in [0.1, 0.15) is 12.2 Å². The number of hydrogen-bond donors (Lipinski definition) is 1. The van der Waals surface area contributed by atoms with Crippen molar-refractivity contribution in [3.63, 3.8) is 0 Å². The summed E-state index contributed by atoms with van der Waals surface area (Å²) in [6.45, 7) is 3.03. The van der Waals surface area contributed by atoms with Crippen LogP contribution in [-0.4, -0.2) is 54.3 Å². The van der Waals surface area contributed by atoms with Gasteiger partial charge >= 0.3 is 0 Å². The van der Waals surface area contributed by atoms with E-state index in [0.717, 1.165) is 22.8 Å². The fraction of sp³-hybridized carbons (Fsp3) is 0.280. The molecule has 2 aromatic carbocycles. The van der Waals surface area contributed by atoms with Crippen LogP contribution in [0.4, 0.5) is 5.69 Å². The molecule has 160 valence electrons. The summed E-state index contributed by atoms with van der Waals surface area (Å²) in [4.78, 5) is 28.8. The van der Waals surface area contributed by atoms with Crippen LogP contribution in [0.15, 0.2) is 77.2 Å². The van der Waals surface area contributed by atoms with Gasteiger partial charge < -0.3 is 14.6 Å². The maximum atomic E-state index is 12.6. The quantitative estimate of drug-likeness (QED) is 0.637. The number of aryl methyl sites for hydroxylation is 1. The van der Waals surface area contributed by atoms with Gasteiger partial charge in [0.25, 0.3) is 0 Å².